The lowest BCUT2D eigenvalue weighted by atomic mass is 9.85. The molecule has 98 valence electrons. The lowest BCUT2D eigenvalue weighted by Crippen LogP contribution is -2.19. The van der Waals surface area contributed by atoms with Crippen molar-refractivity contribution >= 4 is 5.97 Å². The van der Waals surface area contributed by atoms with Gasteiger partial charge in [-0.3, -0.25) is 0 Å². The zero-order valence-corrected chi connectivity index (χ0v) is 10.5. The Morgan fingerprint density at radius 3 is 3.00 bits per heavy atom. The number of carboxylic acid groups (broad SMARTS) is 1. The Labute approximate surface area is 106 Å². The number of carboxylic acids is 1. The molecule has 0 radical (unpaired) electrons. The van der Waals surface area contributed by atoms with Gasteiger partial charge in [0, 0.05) is 5.56 Å². The molecular formula is C14H18O4. The van der Waals surface area contributed by atoms with Gasteiger partial charge in [0.15, 0.2) is 0 Å². The number of furan rings is 1. The highest BCUT2D eigenvalue weighted by molar-refractivity contribution is 5.85. The first kappa shape index (κ1) is 12.9. The Morgan fingerprint density at radius 1 is 1.50 bits per heavy atom. The Hall–Kier alpha value is -1.55. The third kappa shape index (κ3) is 3.01. The molecule has 0 saturated carbocycles. The molecule has 2 atom stereocenters. The second-order valence-electron chi connectivity index (χ2n) is 4.78. The molecule has 2 unspecified atom stereocenters. The van der Waals surface area contributed by atoms with E-state index in [1.54, 1.807) is 6.07 Å². The van der Waals surface area contributed by atoms with Crippen LogP contribution in [0, 0.1) is 11.8 Å². The van der Waals surface area contributed by atoms with Crippen molar-refractivity contribution in [3.63, 3.8) is 0 Å². The van der Waals surface area contributed by atoms with Crippen molar-refractivity contribution in [1.82, 2.24) is 0 Å². The fraction of sp³-hybridized carbons (Fsp3) is 0.500. The average molecular weight is 250 g/mol. The van der Waals surface area contributed by atoms with Crippen molar-refractivity contribution in [3.8, 4) is 0 Å². The van der Waals surface area contributed by atoms with Crippen LogP contribution in [0.15, 0.2) is 28.9 Å². The molecule has 1 aliphatic carbocycles. The van der Waals surface area contributed by atoms with Crippen LogP contribution < -0.4 is 0 Å². The molecule has 4 heteroatoms. The molecule has 0 spiro atoms. The smallest absolute Gasteiger partial charge is 0.372 e. The van der Waals surface area contributed by atoms with Crippen LogP contribution in [-0.2, 0) is 11.3 Å². The summed E-state index contributed by atoms with van der Waals surface area (Å²) in [6.07, 6.45) is 7.92. The van der Waals surface area contributed by atoms with Crippen LogP contribution in [0.2, 0.25) is 0 Å². The molecule has 1 aromatic rings. The lowest BCUT2D eigenvalue weighted by molar-refractivity contribution is 0.0598. The Bertz CT molecular complexity index is 433. The van der Waals surface area contributed by atoms with Crippen molar-refractivity contribution < 1.29 is 19.1 Å². The molecular weight excluding hydrogens is 232 g/mol. The topological polar surface area (TPSA) is 59.7 Å². The van der Waals surface area contributed by atoms with Gasteiger partial charge >= 0.3 is 5.97 Å². The summed E-state index contributed by atoms with van der Waals surface area (Å²) < 4.78 is 10.5. The maximum Gasteiger partial charge on any atom is 0.372 e. The number of ether oxygens (including phenoxy) is 1. The van der Waals surface area contributed by atoms with Crippen LogP contribution in [0.4, 0.5) is 0 Å². The van der Waals surface area contributed by atoms with Gasteiger partial charge in [0.05, 0.1) is 19.5 Å². The van der Waals surface area contributed by atoms with Crippen molar-refractivity contribution in [2.75, 3.05) is 6.61 Å². The predicted molar refractivity (Wildman–Crippen MR) is 66.4 cm³/mol. The quantitative estimate of drug-likeness (QED) is 0.816. The highest BCUT2D eigenvalue weighted by Crippen LogP contribution is 2.25. The van der Waals surface area contributed by atoms with Crippen molar-refractivity contribution in [2.45, 2.75) is 26.4 Å². The van der Waals surface area contributed by atoms with E-state index in [2.05, 4.69) is 19.1 Å². The number of rotatable bonds is 5. The van der Waals surface area contributed by atoms with Gasteiger partial charge in [0.2, 0.25) is 5.76 Å². The highest BCUT2D eigenvalue weighted by Gasteiger charge is 2.19. The fourth-order valence-corrected chi connectivity index (χ4v) is 2.20. The molecule has 0 fully saturated rings. The third-order valence-corrected chi connectivity index (χ3v) is 3.45. The Kier molecular flexibility index (Phi) is 4.20. The van der Waals surface area contributed by atoms with E-state index in [-0.39, 0.29) is 5.76 Å². The van der Waals surface area contributed by atoms with Gasteiger partial charge in [-0.25, -0.2) is 4.79 Å². The van der Waals surface area contributed by atoms with Crippen LogP contribution in [0.25, 0.3) is 0 Å². The molecule has 4 nitrogen and oxygen atoms in total. The van der Waals surface area contributed by atoms with Gasteiger partial charge in [-0.15, -0.1) is 0 Å². The number of carbonyl (C=O) groups is 1. The van der Waals surface area contributed by atoms with E-state index in [0.29, 0.717) is 30.6 Å². The summed E-state index contributed by atoms with van der Waals surface area (Å²) in [4.78, 5) is 10.8. The molecule has 1 aromatic heterocycles. The van der Waals surface area contributed by atoms with Crippen molar-refractivity contribution in [2.24, 2.45) is 11.8 Å². The van der Waals surface area contributed by atoms with E-state index in [0.717, 1.165) is 12.8 Å². The molecule has 0 saturated heterocycles. The summed E-state index contributed by atoms with van der Waals surface area (Å²) in [6, 6.07) is 1.65. The summed E-state index contributed by atoms with van der Waals surface area (Å²) in [5, 5.41) is 8.89. The minimum Gasteiger partial charge on any atom is -0.475 e. The SMILES string of the molecule is CC1CC=CCC1COCc1ccoc1C(=O)O. The van der Waals surface area contributed by atoms with Crippen LogP contribution >= 0.6 is 0 Å². The maximum absolute atomic E-state index is 10.8. The first-order chi connectivity index (χ1) is 8.68. The zero-order chi connectivity index (χ0) is 13.0. The normalized spacial score (nSPS) is 23.2. The summed E-state index contributed by atoms with van der Waals surface area (Å²) in [7, 11) is 0. The molecule has 0 bridgehead atoms. The summed E-state index contributed by atoms with van der Waals surface area (Å²) in [5.74, 6) is 0.0765. The van der Waals surface area contributed by atoms with Crippen LogP contribution in [-0.4, -0.2) is 17.7 Å². The largest absolute Gasteiger partial charge is 0.475 e. The maximum atomic E-state index is 10.8. The van der Waals surface area contributed by atoms with Crippen molar-refractivity contribution in [1.29, 1.82) is 0 Å². The summed E-state index contributed by atoms with van der Waals surface area (Å²) in [6.45, 7) is 3.18. The Morgan fingerprint density at radius 2 is 2.28 bits per heavy atom. The van der Waals surface area contributed by atoms with Gasteiger partial charge in [0.1, 0.15) is 0 Å². The molecule has 0 amide bonds. The second kappa shape index (κ2) is 5.87. The lowest BCUT2D eigenvalue weighted by Gasteiger charge is -2.24. The molecule has 0 aromatic carbocycles. The van der Waals surface area contributed by atoms with E-state index in [9.17, 15) is 4.79 Å². The summed E-state index contributed by atoms with van der Waals surface area (Å²) >= 11 is 0. The minimum atomic E-state index is -1.05. The Balaban J connectivity index is 1.83. The molecule has 1 heterocycles. The predicted octanol–water partition coefficient (Wildman–Crippen LogP) is 3.10. The van der Waals surface area contributed by atoms with Gasteiger partial charge in [0.25, 0.3) is 0 Å². The molecule has 1 N–H and O–H groups in total. The summed E-state index contributed by atoms with van der Waals surface area (Å²) in [5.41, 5.74) is 0.599. The standard InChI is InChI=1S/C14H18O4/c1-10-4-2-3-5-11(10)8-17-9-12-6-7-18-13(12)14(15)16/h2-3,6-7,10-11H,4-5,8-9H2,1H3,(H,15,16). The van der Waals surface area contributed by atoms with Gasteiger partial charge in [-0.2, -0.15) is 0 Å². The highest BCUT2D eigenvalue weighted by atomic mass is 16.5. The second-order valence-corrected chi connectivity index (χ2v) is 4.78. The number of hydrogen-bond acceptors (Lipinski definition) is 3. The van der Waals surface area contributed by atoms with E-state index in [1.807, 2.05) is 0 Å². The molecule has 2 rings (SSSR count). The monoisotopic (exact) mass is 250 g/mol. The first-order valence-electron chi connectivity index (χ1n) is 6.21. The molecule has 18 heavy (non-hydrogen) atoms. The third-order valence-electron chi connectivity index (χ3n) is 3.45. The minimum absolute atomic E-state index is 0.0217. The zero-order valence-electron chi connectivity index (χ0n) is 10.5. The van der Waals surface area contributed by atoms with Crippen LogP contribution in [0.5, 0.6) is 0 Å². The fourth-order valence-electron chi connectivity index (χ4n) is 2.20. The van der Waals surface area contributed by atoms with E-state index in [4.69, 9.17) is 14.3 Å². The van der Waals surface area contributed by atoms with Gasteiger partial charge in [-0.05, 0) is 30.7 Å². The average Bonchev–Trinajstić information content (AvgIpc) is 2.80. The van der Waals surface area contributed by atoms with Crippen LogP contribution in [0.1, 0.15) is 35.9 Å². The first-order valence-corrected chi connectivity index (χ1v) is 6.21. The van der Waals surface area contributed by atoms with E-state index < -0.39 is 5.97 Å². The number of allylic oxidation sites excluding steroid dienone is 2. The number of aromatic carboxylic acids is 1. The van der Waals surface area contributed by atoms with E-state index in [1.165, 1.54) is 6.26 Å². The molecule has 0 aliphatic heterocycles. The van der Waals surface area contributed by atoms with Gasteiger partial charge < -0.3 is 14.3 Å². The number of hydrogen-bond donors (Lipinski definition) is 1. The van der Waals surface area contributed by atoms with Crippen molar-refractivity contribution in [3.05, 3.63) is 35.8 Å². The van der Waals surface area contributed by atoms with E-state index >= 15 is 0 Å². The molecule has 1 aliphatic rings. The van der Waals surface area contributed by atoms with Gasteiger partial charge in [-0.1, -0.05) is 19.1 Å². The van der Waals surface area contributed by atoms with Crippen LogP contribution in [0.3, 0.4) is 0 Å².